The molecule has 2 heteroatoms. The third-order valence-corrected chi connectivity index (χ3v) is 2.80. The van der Waals surface area contributed by atoms with Gasteiger partial charge in [0.1, 0.15) is 0 Å². The number of rotatable bonds is 0. The van der Waals surface area contributed by atoms with Crippen LogP contribution < -0.4 is 0 Å². The fourth-order valence-electron chi connectivity index (χ4n) is 1.23. The molecular weight excluding hydrogens is 200 g/mol. The minimum absolute atomic E-state index is 0.389. The molecule has 64 valence electrons. The largest absolute Gasteiger partial charge is 0.144 e. The van der Waals surface area contributed by atoms with E-state index in [4.69, 9.17) is 11.6 Å². The number of alkyl halides is 1. The molecule has 0 spiro atoms. The zero-order valence-electron chi connectivity index (χ0n) is 6.88. The summed E-state index contributed by atoms with van der Waals surface area (Å²) in [6, 6.07) is 8.25. The Bertz CT molecular complexity index is 473. The van der Waals surface area contributed by atoms with Crippen molar-refractivity contribution in [2.45, 2.75) is 0 Å². The van der Waals surface area contributed by atoms with Gasteiger partial charge in [-0.15, -0.1) is 22.9 Å². The maximum atomic E-state index is 5.51. The van der Waals surface area contributed by atoms with E-state index >= 15 is 0 Å². The first-order valence-electron chi connectivity index (χ1n) is 3.93. The van der Waals surface area contributed by atoms with Gasteiger partial charge >= 0.3 is 0 Å². The molecule has 0 N–H and O–H groups in total. The van der Waals surface area contributed by atoms with Crippen LogP contribution in [0.5, 0.6) is 0 Å². The van der Waals surface area contributed by atoms with Crippen LogP contribution >= 0.6 is 22.9 Å². The molecule has 0 aliphatic rings. The summed E-state index contributed by atoms with van der Waals surface area (Å²) in [6.45, 7) is 0. The first-order valence-corrected chi connectivity index (χ1v) is 5.34. The van der Waals surface area contributed by atoms with E-state index in [0.717, 1.165) is 5.56 Å². The first-order chi connectivity index (χ1) is 6.42. The van der Waals surface area contributed by atoms with Crippen LogP contribution in [0, 0.1) is 11.8 Å². The molecular formula is C11H7ClS. The highest BCUT2D eigenvalue weighted by molar-refractivity contribution is 7.17. The van der Waals surface area contributed by atoms with E-state index in [2.05, 4.69) is 29.4 Å². The predicted molar refractivity (Wildman–Crippen MR) is 59.4 cm³/mol. The van der Waals surface area contributed by atoms with Crippen molar-refractivity contribution < 1.29 is 0 Å². The maximum absolute atomic E-state index is 5.51. The van der Waals surface area contributed by atoms with Crippen LogP contribution in [-0.4, -0.2) is 5.88 Å². The van der Waals surface area contributed by atoms with Gasteiger partial charge in [0.25, 0.3) is 0 Å². The number of benzene rings is 1. The van der Waals surface area contributed by atoms with Crippen LogP contribution in [0.2, 0.25) is 0 Å². The lowest BCUT2D eigenvalue weighted by atomic mass is 10.1. The van der Waals surface area contributed by atoms with Crippen LogP contribution in [0.4, 0.5) is 0 Å². The Morgan fingerprint density at radius 2 is 2.23 bits per heavy atom. The molecule has 1 aromatic heterocycles. The Morgan fingerprint density at radius 3 is 3.08 bits per heavy atom. The Labute approximate surface area is 86.2 Å². The van der Waals surface area contributed by atoms with E-state index in [1.807, 2.05) is 12.1 Å². The van der Waals surface area contributed by atoms with Crippen molar-refractivity contribution >= 4 is 33.0 Å². The highest BCUT2D eigenvalue weighted by atomic mass is 35.5. The van der Waals surface area contributed by atoms with E-state index in [1.165, 1.54) is 10.1 Å². The fraction of sp³-hybridized carbons (Fsp3) is 0.0909. The van der Waals surface area contributed by atoms with Gasteiger partial charge in [0, 0.05) is 15.6 Å². The molecule has 2 rings (SSSR count). The van der Waals surface area contributed by atoms with Gasteiger partial charge in [0.05, 0.1) is 5.88 Å². The minimum Gasteiger partial charge on any atom is -0.144 e. The Hall–Kier alpha value is -0.970. The Balaban J connectivity index is 2.61. The van der Waals surface area contributed by atoms with Gasteiger partial charge in [0.15, 0.2) is 0 Å². The van der Waals surface area contributed by atoms with Crippen molar-refractivity contribution in [2.24, 2.45) is 0 Å². The summed E-state index contributed by atoms with van der Waals surface area (Å²) in [5.74, 6) is 6.30. The van der Waals surface area contributed by atoms with Gasteiger partial charge in [0.2, 0.25) is 0 Å². The lowest BCUT2D eigenvalue weighted by Gasteiger charge is -1.92. The smallest absolute Gasteiger partial charge is 0.0839 e. The second-order valence-electron chi connectivity index (χ2n) is 2.57. The molecule has 0 saturated carbocycles. The van der Waals surface area contributed by atoms with Gasteiger partial charge in [-0.1, -0.05) is 17.9 Å². The van der Waals surface area contributed by atoms with Crippen molar-refractivity contribution in [2.75, 3.05) is 5.88 Å². The van der Waals surface area contributed by atoms with Crippen molar-refractivity contribution in [3.63, 3.8) is 0 Å². The van der Waals surface area contributed by atoms with Gasteiger partial charge in [-0.05, 0) is 23.6 Å². The third kappa shape index (κ3) is 1.70. The lowest BCUT2D eigenvalue weighted by molar-refractivity contribution is 1.76. The summed E-state index contributed by atoms with van der Waals surface area (Å²) in [4.78, 5) is 0. The summed E-state index contributed by atoms with van der Waals surface area (Å²) >= 11 is 7.24. The van der Waals surface area contributed by atoms with E-state index in [0.29, 0.717) is 5.88 Å². The number of hydrogen-bond donors (Lipinski definition) is 0. The second kappa shape index (κ2) is 3.83. The van der Waals surface area contributed by atoms with E-state index in [-0.39, 0.29) is 0 Å². The van der Waals surface area contributed by atoms with Crippen molar-refractivity contribution in [3.8, 4) is 11.8 Å². The maximum Gasteiger partial charge on any atom is 0.0839 e. The van der Waals surface area contributed by atoms with Crippen LogP contribution in [0.3, 0.4) is 0 Å². The van der Waals surface area contributed by atoms with E-state index < -0.39 is 0 Å². The normalized spacial score (nSPS) is 9.62. The summed E-state index contributed by atoms with van der Waals surface area (Å²) < 4.78 is 1.28. The van der Waals surface area contributed by atoms with Gasteiger partial charge < -0.3 is 0 Å². The molecule has 1 aromatic carbocycles. The number of thiophene rings is 1. The SMILES string of the molecule is ClCC#Cc1cccc2sccc12. The molecule has 0 aliphatic heterocycles. The fourth-order valence-corrected chi connectivity index (χ4v) is 2.11. The summed E-state index contributed by atoms with van der Waals surface area (Å²) in [5.41, 5.74) is 1.07. The quantitative estimate of drug-likeness (QED) is 0.457. The van der Waals surface area contributed by atoms with Crippen molar-refractivity contribution in [3.05, 3.63) is 35.2 Å². The molecule has 2 aromatic rings. The minimum atomic E-state index is 0.389. The summed E-state index contributed by atoms with van der Waals surface area (Å²) in [5, 5.41) is 3.31. The summed E-state index contributed by atoms with van der Waals surface area (Å²) in [7, 11) is 0. The van der Waals surface area contributed by atoms with Crippen LogP contribution in [0.1, 0.15) is 5.56 Å². The molecule has 1 heterocycles. The number of fused-ring (bicyclic) bond motifs is 1. The third-order valence-electron chi connectivity index (χ3n) is 1.79. The molecule has 13 heavy (non-hydrogen) atoms. The molecule has 0 unspecified atom stereocenters. The predicted octanol–water partition coefficient (Wildman–Crippen LogP) is 3.49. The van der Waals surface area contributed by atoms with Crippen LogP contribution in [-0.2, 0) is 0 Å². The van der Waals surface area contributed by atoms with Crippen LogP contribution in [0.15, 0.2) is 29.6 Å². The monoisotopic (exact) mass is 206 g/mol. The molecule has 0 bridgehead atoms. The molecule has 0 aliphatic carbocycles. The topological polar surface area (TPSA) is 0 Å². The Morgan fingerprint density at radius 1 is 1.31 bits per heavy atom. The Kier molecular flexibility index (Phi) is 2.54. The van der Waals surface area contributed by atoms with Gasteiger partial charge in [-0.3, -0.25) is 0 Å². The molecule has 0 fully saturated rings. The standard InChI is InChI=1S/C11H7ClS/c12-7-2-4-9-3-1-5-11-10(9)6-8-13-11/h1,3,5-6,8H,7H2. The van der Waals surface area contributed by atoms with Crippen molar-refractivity contribution in [1.82, 2.24) is 0 Å². The average molecular weight is 207 g/mol. The zero-order chi connectivity index (χ0) is 9.10. The molecule has 0 saturated heterocycles. The lowest BCUT2D eigenvalue weighted by Crippen LogP contribution is -1.74. The van der Waals surface area contributed by atoms with E-state index in [1.54, 1.807) is 11.3 Å². The summed E-state index contributed by atoms with van der Waals surface area (Å²) in [6.07, 6.45) is 0. The zero-order valence-corrected chi connectivity index (χ0v) is 8.45. The first kappa shape index (κ1) is 8.62. The molecule has 0 nitrogen and oxygen atoms in total. The molecule has 0 atom stereocenters. The van der Waals surface area contributed by atoms with E-state index in [9.17, 15) is 0 Å². The molecule has 0 radical (unpaired) electrons. The van der Waals surface area contributed by atoms with Crippen molar-refractivity contribution in [1.29, 1.82) is 0 Å². The molecule has 0 amide bonds. The van der Waals surface area contributed by atoms with Crippen LogP contribution in [0.25, 0.3) is 10.1 Å². The highest BCUT2D eigenvalue weighted by Crippen LogP contribution is 2.23. The number of hydrogen-bond acceptors (Lipinski definition) is 1. The van der Waals surface area contributed by atoms with Gasteiger partial charge in [-0.2, -0.15) is 0 Å². The number of halogens is 1. The van der Waals surface area contributed by atoms with Gasteiger partial charge in [-0.25, -0.2) is 0 Å². The second-order valence-corrected chi connectivity index (χ2v) is 3.79. The highest BCUT2D eigenvalue weighted by Gasteiger charge is 1.97. The average Bonchev–Trinajstić information content (AvgIpc) is 2.62.